The van der Waals surface area contributed by atoms with Gasteiger partial charge in [-0.05, 0) is 17.7 Å². The van der Waals surface area contributed by atoms with E-state index in [9.17, 15) is 0 Å². The maximum absolute atomic E-state index is 6.32. The fourth-order valence-corrected chi connectivity index (χ4v) is 5.07. The number of fused-ring (bicyclic) bond motifs is 4. The second-order valence-electron chi connectivity index (χ2n) is 6.63. The summed E-state index contributed by atoms with van der Waals surface area (Å²) < 4.78 is 12.1. The Labute approximate surface area is 149 Å². The molecule has 6 nitrogen and oxygen atoms in total. The zero-order valence-electron chi connectivity index (χ0n) is 13.6. The van der Waals surface area contributed by atoms with Gasteiger partial charge in [0, 0.05) is 41.6 Å². The minimum absolute atomic E-state index is 0.127. The van der Waals surface area contributed by atoms with Crippen LogP contribution in [0.3, 0.4) is 0 Å². The number of aliphatic imine (C=N–C) groups is 1. The maximum atomic E-state index is 6.32. The highest BCUT2D eigenvalue weighted by atomic mass is 32.2. The molecule has 0 saturated carbocycles. The van der Waals surface area contributed by atoms with Crippen LogP contribution >= 0.6 is 11.8 Å². The lowest BCUT2D eigenvalue weighted by atomic mass is 9.73. The summed E-state index contributed by atoms with van der Waals surface area (Å²) >= 11 is 1.62. The third kappa shape index (κ3) is 2.33. The third-order valence-corrected chi connectivity index (χ3v) is 6.25. The van der Waals surface area contributed by atoms with Crippen molar-refractivity contribution in [1.29, 1.82) is 0 Å². The first-order chi connectivity index (χ1) is 12.3. The summed E-state index contributed by atoms with van der Waals surface area (Å²) in [4.78, 5) is 13.2. The monoisotopic (exact) mass is 354 g/mol. The number of hydrogen-bond donors (Lipinski definition) is 1. The number of ether oxygens (including phenoxy) is 2. The number of hydrogen-bond acceptors (Lipinski definition) is 7. The van der Waals surface area contributed by atoms with E-state index < -0.39 is 0 Å². The van der Waals surface area contributed by atoms with E-state index in [1.807, 2.05) is 18.5 Å². The average molecular weight is 354 g/mol. The lowest BCUT2D eigenvalue weighted by molar-refractivity contribution is -0.0628. The van der Waals surface area contributed by atoms with Crippen molar-refractivity contribution in [3.05, 3.63) is 42.5 Å². The number of nitrogens with two attached hydrogens (primary N) is 1. The Morgan fingerprint density at radius 1 is 1.20 bits per heavy atom. The van der Waals surface area contributed by atoms with E-state index in [4.69, 9.17) is 20.2 Å². The van der Waals surface area contributed by atoms with Gasteiger partial charge in [0.1, 0.15) is 23.7 Å². The maximum Gasteiger partial charge on any atom is 0.154 e. The van der Waals surface area contributed by atoms with E-state index in [2.05, 4.69) is 22.1 Å². The Balaban J connectivity index is 1.68. The summed E-state index contributed by atoms with van der Waals surface area (Å²) in [5.74, 6) is 1.92. The van der Waals surface area contributed by atoms with Gasteiger partial charge in [-0.25, -0.2) is 15.0 Å². The molecule has 25 heavy (non-hydrogen) atoms. The van der Waals surface area contributed by atoms with Crippen LogP contribution in [0.1, 0.15) is 12.0 Å². The third-order valence-electron chi connectivity index (χ3n) is 5.27. The first-order valence-corrected chi connectivity index (χ1v) is 9.37. The number of aromatic nitrogens is 2. The van der Waals surface area contributed by atoms with Crippen molar-refractivity contribution in [3.63, 3.8) is 0 Å². The molecule has 4 heterocycles. The van der Waals surface area contributed by atoms with Crippen LogP contribution in [0.4, 0.5) is 0 Å². The minimum Gasteiger partial charge on any atom is -0.489 e. The van der Waals surface area contributed by atoms with Gasteiger partial charge in [0.05, 0.1) is 13.2 Å². The number of nitrogens with zero attached hydrogens (tertiary/aromatic N) is 3. The summed E-state index contributed by atoms with van der Waals surface area (Å²) in [6.45, 7) is 1.39. The van der Waals surface area contributed by atoms with Crippen molar-refractivity contribution in [1.82, 2.24) is 9.97 Å². The molecular formula is C18H18N4O2S. The highest BCUT2D eigenvalue weighted by Crippen LogP contribution is 2.52. The van der Waals surface area contributed by atoms with Crippen molar-refractivity contribution in [2.75, 3.05) is 19.0 Å². The Bertz CT molecular complexity index is 844. The van der Waals surface area contributed by atoms with E-state index in [1.165, 1.54) is 6.33 Å². The number of rotatable bonds is 1. The molecule has 1 aromatic heterocycles. The van der Waals surface area contributed by atoms with Crippen LogP contribution in [-0.2, 0) is 10.3 Å². The van der Waals surface area contributed by atoms with E-state index in [-0.39, 0.29) is 17.6 Å². The zero-order chi connectivity index (χ0) is 16.9. The molecule has 7 heteroatoms. The SMILES string of the molecule is NC1=N[C@@]2(CS1)c1cc(-c3cncnc3)ccc1O[C@H]1CCOCC12. The molecule has 0 radical (unpaired) electrons. The summed E-state index contributed by atoms with van der Waals surface area (Å²) in [7, 11) is 0. The summed E-state index contributed by atoms with van der Waals surface area (Å²) in [5.41, 5.74) is 8.83. The van der Waals surface area contributed by atoms with E-state index in [0.717, 1.165) is 41.2 Å². The second kappa shape index (κ2) is 5.71. The van der Waals surface area contributed by atoms with Gasteiger partial charge in [-0.15, -0.1) is 0 Å². The predicted molar refractivity (Wildman–Crippen MR) is 96.6 cm³/mol. The molecule has 0 amide bonds. The standard InChI is InChI=1S/C18H18N4O2S/c19-17-22-18(9-25-17)13-5-11(12-6-20-10-21-7-12)1-2-15(13)24-16-3-4-23-8-14(16)18/h1-2,5-7,10,14,16H,3-4,8-9H2,(H2,19,22)/t14?,16-,18-/m0/s1. The quantitative estimate of drug-likeness (QED) is 0.845. The lowest BCUT2D eigenvalue weighted by Crippen LogP contribution is -2.52. The Kier molecular flexibility index (Phi) is 3.46. The van der Waals surface area contributed by atoms with Crippen LogP contribution in [0.15, 0.2) is 41.9 Å². The summed E-state index contributed by atoms with van der Waals surface area (Å²) in [6.07, 6.45) is 6.19. The van der Waals surface area contributed by atoms with Crippen LogP contribution in [0.25, 0.3) is 11.1 Å². The van der Waals surface area contributed by atoms with Crippen LogP contribution < -0.4 is 10.5 Å². The van der Waals surface area contributed by atoms with Crippen molar-refractivity contribution in [3.8, 4) is 16.9 Å². The fourth-order valence-electron chi connectivity index (χ4n) is 4.04. The molecule has 0 aliphatic carbocycles. The molecule has 1 aromatic carbocycles. The summed E-state index contributed by atoms with van der Waals surface area (Å²) in [6, 6.07) is 6.25. The van der Waals surface area contributed by atoms with Crippen molar-refractivity contribution >= 4 is 16.9 Å². The Morgan fingerprint density at radius 3 is 2.88 bits per heavy atom. The number of benzene rings is 1. The van der Waals surface area contributed by atoms with E-state index in [0.29, 0.717) is 11.8 Å². The number of amidine groups is 1. The van der Waals surface area contributed by atoms with Gasteiger partial charge in [-0.3, -0.25) is 0 Å². The average Bonchev–Trinajstić information content (AvgIpc) is 3.05. The largest absolute Gasteiger partial charge is 0.489 e. The van der Waals surface area contributed by atoms with Crippen molar-refractivity contribution in [2.45, 2.75) is 18.1 Å². The highest BCUT2D eigenvalue weighted by molar-refractivity contribution is 8.14. The van der Waals surface area contributed by atoms with Gasteiger partial charge >= 0.3 is 0 Å². The highest BCUT2D eigenvalue weighted by Gasteiger charge is 2.53. The molecule has 0 bridgehead atoms. The molecule has 1 spiro atoms. The Hall–Kier alpha value is -2.12. The first kappa shape index (κ1) is 15.2. The zero-order valence-corrected chi connectivity index (χ0v) is 14.4. The van der Waals surface area contributed by atoms with E-state index in [1.54, 1.807) is 11.8 Å². The smallest absolute Gasteiger partial charge is 0.154 e. The van der Waals surface area contributed by atoms with Crippen molar-refractivity contribution < 1.29 is 9.47 Å². The van der Waals surface area contributed by atoms with Crippen LogP contribution in [0.5, 0.6) is 5.75 Å². The van der Waals surface area contributed by atoms with E-state index >= 15 is 0 Å². The first-order valence-electron chi connectivity index (χ1n) is 8.39. The molecule has 2 aromatic rings. The van der Waals surface area contributed by atoms with Crippen LogP contribution in [0.2, 0.25) is 0 Å². The Morgan fingerprint density at radius 2 is 2.08 bits per heavy atom. The predicted octanol–water partition coefficient (Wildman–Crippen LogP) is 2.20. The molecule has 128 valence electrons. The molecule has 3 aliphatic heterocycles. The van der Waals surface area contributed by atoms with Crippen molar-refractivity contribution in [2.24, 2.45) is 16.6 Å². The minimum atomic E-state index is -0.376. The topological polar surface area (TPSA) is 82.6 Å². The second-order valence-corrected chi connectivity index (χ2v) is 7.62. The molecule has 1 unspecified atom stereocenters. The molecule has 2 N–H and O–H groups in total. The molecule has 3 aliphatic rings. The normalized spacial score (nSPS) is 30.3. The number of thioether (sulfide) groups is 1. The van der Waals surface area contributed by atoms with Gasteiger partial charge in [-0.1, -0.05) is 17.8 Å². The van der Waals surface area contributed by atoms with Gasteiger partial charge in [0.15, 0.2) is 5.17 Å². The summed E-state index contributed by atoms with van der Waals surface area (Å²) in [5, 5.41) is 0.644. The van der Waals surface area contributed by atoms with Crippen LogP contribution in [-0.4, -0.2) is 40.2 Å². The fraction of sp³-hybridized carbons (Fsp3) is 0.389. The molecule has 1 fully saturated rings. The van der Waals surface area contributed by atoms with Gasteiger partial charge < -0.3 is 15.2 Å². The molecule has 5 rings (SSSR count). The molecule has 3 atom stereocenters. The van der Waals surface area contributed by atoms with Gasteiger partial charge in [0.2, 0.25) is 0 Å². The van der Waals surface area contributed by atoms with Gasteiger partial charge in [0.25, 0.3) is 0 Å². The van der Waals surface area contributed by atoms with Crippen LogP contribution in [0, 0.1) is 5.92 Å². The lowest BCUT2D eigenvalue weighted by Gasteiger charge is -2.46. The van der Waals surface area contributed by atoms with Gasteiger partial charge in [-0.2, -0.15) is 0 Å². The molecular weight excluding hydrogens is 336 g/mol. The molecule has 1 saturated heterocycles.